The highest BCUT2D eigenvalue weighted by molar-refractivity contribution is 5.78. The number of likely N-dealkylation sites (tertiary alicyclic amines) is 2. The fourth-order valence-corrected chi connectivity index (χ4v) is 4.69. The van der Waals surface area contributed by atoms with Crippen molar-refractivity contribution in [2.75, 3.05) is 26.2 Å². The number of pyridine rings is 1. The molecule has 2 aliphatic heterocycles. The molecular weight excluding hydrogens is 360 g/mol. The maximum Gasteiger partial charge on any atom is 0.223 e. The molecule has 3 rings (SSSR count). The van der Waals surface area contributed by atoms with Gasteiger partial charge in [-0.2, -0.15) is 0 Å². The van der Waals surface area contributed by atoms with Crippen LogP contribution < -0.4 is 5.32 Å². The molecule has 1 amide bonds. The van der Waals surface area contributed by atoms with Crippen LogP contribution in [0.1, 0.15) is 57.9 Å². The van der Waals surface area contributed by atoms with Crippen LogP contribution in [-0.4, -0.2) is 59.0 Å². The molecule has 0 radical (unpaired) electrons. The average molecular weight is 399 g/mol. The molecule has 5 nitrogen and oxygen atoms in total. The summed E-state index contributed by atoms with van der Waals surface area (Å²) in [5, 5.41) is 3.09. The van der Waals surface area contributed by atoms with Crippen LogP contribution in [0.25, 0.3) is 0 Å². The third kappa shape index (κ3) is 6.65. The molecule has 2 saturated heterocycles. The van der Waals surface area contributed by atoms with Crippen LogP contribution in [0.2, 0.25) is 0 Å². The van der Waals surface area contributed by atoms with E-state index in [1.165, 1.54) is 37.9 Å². The van der Waals surface area contributed by atoms with Gasteiger partial charge in [-0.25, -0.2) is 0 Å². The average Bonchev–Trinajstić information content (AvgIpc) is 2.76. The lowest BCUT2D eigenvalue weighted by molar-refractivity contribution is -0.126. The first-order chi connectivity index (χ1) is 14.0. The zero-order valence-electron chi connectivity index (χ0n) is 18.3. The molecule has 1 atom stereocenters. The second kappa shape index (κ2) is 10.9. The highest BCUT2D eigenvalue weighted by atomic mass is 16.1. The Balaban J connectivity index is 1.35. The first-order valence-electron chi connectivity index (χ1n) is 11.3. The monoisotopic (exact) mass is 398 g/mol. The maximum absolute atomic E-state index is 12.5. The summed E-state index contributed by atoms with van der Waals surface area (Å²) in [5.74, 6) is 0.361. The third-order valence-electron chi connectivity index (χ3n) is 6.72. The third-order valence-corrected chi connectivity index (χ3v) is 6.72. The van der Waals surface area contributed by atoms with Crippen LogP contribution in [0.4, 0.5) is 0 Å². The van der Waals surface area contributed by atoms with Gasteiger partial charge in [-0.3, -0.25) is 9.78 Å². The molecule has 1 aromatic heterocycles. The van der Waals surface area contributed by atoms with Gasteiger partial charge >= 0.3 is 0 Å². The normalized spacial score (nSPS) is 21.0. The number of nitrogens with zero attached hydrogens (tertiary/aromatic N) is 3. The summed E-state index contributed by atoms with van der Waals surface area (Å²) in [5.41, 5.74) is 2.35. The van der Waals surface area contributed by atoms with Crippen molar-refractivity contribution in [3.05, 3.63) is 42.2 Å². The molecule has 5 heteroatoms. The van der Waals surface area contributed by atoms with E-state index >= 15 is 0 Å². The Hall–Kier alpha value is -1.72. The lowest BCUT2D eigenvalue weighted by Gasteiger charge is -2.43. The summed E-state index contributed by atoms with van der Waals surface area (Å²) in [6, 6.07) is 5.26. The van der Waals surface area contributed by atoms with E-state index in [9.17, 15) is 4.79 Å². The number of amides is 1. The molecule has 0 saturated carbocycles. The van der Waals surface area contributed by atoms with E-state index < -0.39 is 0 Å². The molecule has 29 heavy (non-hydrogen) atoms. The Kier molecular flexibility index (Phi) is 8.25. The molecule has 1 N–H and O–H groups in total. The SMILES string of the molecule is C=C(C)CC[C@H](C)N1CCC(N2CCC(C(=O)NCc3cccnc3)CC2)CC1. The van der Waals surface area contributed by atoms with Crippen molar-refractivity contribution in [2.24, 2.45) is 5.92 Å². The highest BCUT2D eigenvalue weighted by Gasteiger charge is 2.31. The van der Waals surface area contributed by atoms with Crippen LogP contribution in [0.5, 0.6) is 0 Å². The second-order valence-corrected chi connectivity index (χ2v) is 9.00. The Morgan fingerprint density at radius 3 is 2.59 bits per heavy atom. The van der Waals surface area contributed by atoms with E-state index in [2.05, 4.69) is 40.5 Å². The molecule has 2 aliphatic rings. The van der Waals surface area contributed by atoms with Crippen molar-refractivity contribution in [1.82, 2.24) is 20.1 Å². The zero-order chi connectivity index (χ0) is 20.6. The molecule has 0 unspecified atom stereocenters. The van der Waals surface area contributed by atoms with Gasteiger partial charge in [0.15, 0.2) is 0 Å². The predicted molar refractivity (Wildman–Crippen MR) is 118 cm³/mol. The Morgan fingerprint density at radius 2 is 1.97 bits per heavy atom. The Morgan fingerprint density at radius 1 is 1.24 bits per heavy atom. The van der Waals surface area contributed by atoms with E-state index in [0.717, 1.165) is 37.9 Å². The standard InChI is InChI=1S/C24H38N4O/c1-19(2)6-7-20(3)27-15-10-23(11-16-27)28-13-8-22(9-14-28)24(29)26-18-21-5-4-12-25-17-21/h4-5,12,17,20,22-23H,1,6-11,13-16,18H2,2-3H3,(H,26,29)/t20-/m0/s1. The van der Waals surface area contributed by atoms with Crippen LogP contribution in [0.3, 0.4) is 0 Å². The van der Waals surface area contributed by atoms with Gasteiger partial charge in [-0.15, -0.1) is 6.58 Å². The number of carbonyl (C=O) groups excluding carboxylic acids is 1. The van der Waals surface area contributed by atoms with E-state index in [1.807, 2.05) is 18.3 Å². The minimum absolute atomic E-state index is 0.158. The van der Waals surface area contributed by atoms with Gasteiger partial charge in [-0.1, -0.05) is 11.6 Å². The second-order valence-electron chi connectivity index (χ2n) is 9.00. The number of piperidine rings is 2. The zero-order valence-corrected chi connectivity index (χ0v) is 18.3. The van der Waals surface area contributed by atoms with E-state index in [1.54, 1.807) is 6.20 Å². The smallest absolute Gasteiger partial charge is 0.223 e. The summed E-state index contributed by atoms with van der Waals surface area (Å²) in [7, 11) is 0. The number of hydrogen-bond donors (Lipinski definition) is 1. The minimum atomic E-state index is 0.158. The van der Waals surface area contributed by atoms with E-state index in [-0.39, 0.29) is 11.8 Å². The van der Waals surface area contributed by atoms with Gasteiger partial charge < -0.3 is 15.1 Å². The van der Waals surface area contributed by atoms with Gasteiger partial charge in [0, 0.05) is 36.9 Å². The number of aromatic nitrogens is 1. The van der Waals surface area contributed by atoms with Gasteiger partial charge in [0.05, 0.1) is 0 Å². The molecule has 1 aromatic rings. The Bertz CT molecular complexity index is 646. The number of nitrogens with one attached hydrogen (secondary N) is 1. The molecule has 3 heterocycles. The molecular formula is C24H38N4O. The molecule has 2 fully saturated rings. The van der Waals surface area contributed by atoms with Crippen molar-refractivity contribution in [3.63, 3.8) is 0 Å². The van der Waals surface area contributed by atoms with Gasteiger partial charge in [0.2, 0.25) is 5.91 Å². The molecule has 160 valence electrons. The number of rotatable bonds is 8. The van der Waals surface area contributed by atoms with Crippen molar-refractivity contribution in [3.8, 4) is 0 Å². The van der Waals surface area contributed by atoms with Crippen LogP contribution in [0, 0.1) is 5.92 Å². The fourth-order valence-electron chi connectivity index (χ4n) is 4.69. The van der Waals surface area contributed by atoms with E-state index in [0.29, 0.717) is 18.6 Å². The number of allylic oxidation sites excluding steroid dienone is 1. The maximum atomic E-state index is 12.5. The highest BCUT2D eigenvalue weighted by Crippen LogP contribution is 2.25. The van der Waals surface area contributed by atoms with Crippen LogP contribution in [0.15, 0.2) is 36.7 Å². The first-order valence-corrected chi connectivity index (χ1v) is 11.3. The van der Waals surface area contributed by atoms with Crippen molar-refractivity contribution in [2.45, 2.75) is 71.0 Å². The summed E-state index contributed by atoms with van der Waals surface area (Å²) in [4.78, 5) is 21.9. The van der Waals surface area contributed by atoms with Crippen LogP contribution in [-0.2, 0) is 11.3 Å². The van der Waals surface area contributed by atoms with E-state index in [4.69, 9.17) is 0 Å². The topological polar surface area (TPSA) is 48.5 Å². The van der Waals surface area contributed by atoms with Gasteiger partial charge in [0.25, 0.3) is 0 Å². The molecule has 0 bridgehead atoms. The summed E-state index contributed by atoms with van der Waals surface area (Å²) in [6.07, 6.45) is 10.4. The van der Waals surface area contributed by atoms with Gasteiger partial charge in [-0.05, 0) is 90.2 Å². The van der Waals surface area contributed by atoms with Crippen molar-refractivity contribution < 1.29 is 4.79 Å². The largest absolute Gasteiger partial charge is 0.352 e. The summed E-state index contributed by atoms with van der Waals surface area (Å²) >= 11 is 0. The number of hydrogen-bond acceptors (Lipinski definition) is 4. The van der Waals surface area contributed by atoms with Crippen LogP contribution >= 0.6 is 0 Å². The lowest BCUT2D eigenvalue weighted by atomic mass is 9.92. The predicted octanol–water partition coefficient (Wildman–Crippen LogP) is 3.62. The molecule has 0 aliphatic carbocycles. The quantitative estimate of drug-likeness (QED) is 0.680. The molecule has 0 spiro atoms. The Labute approximate surface area is 176 Å². The summed E-state index contributed by atoms with van der Waals surface area (Å²) in [6.45, 7) is 13.6. The fraction of sp³-hybridized carbons (Fsp3) is 0.667. The number of carbonyl (C=O) groups is 1. The minimum Gasteiger partial charge on any atom is -0.352 e. The summed E-state index contributed by atoms with van der Waals surface area (Å²) < 4.78 is 0. The lowest BCUT2D eigenvalue weighted by Crippen LogP contribution is -2.50. The molecule has 0 aromatic carbocycles. The van der Waals surface area contributed by atoms with Crippen molar-refractivity contribution in [1.29, 1.82) is 0 Å². The van der Waals surface area contributed by atoms with Crippen molar-refractivity contribution >= 4 is 5.91 Å². The first kappa shape index (κ1) is 22.0. The van der Waals surface area contributed by atoms with Gasteiger partial charge in [0.1, 0.15) is 0 Å².